The second-order valence-corrected chi connectivity index (χ2v) is 6.33. The summed E-state index contributed by atoms with van der Waals surface area (Å²) >= 11 is 1.66. The van der Waals surface area contributed by atoms with E-state index in [0.29, 0.717) is 0 Å². The third-order valence-corrected chi connectivity index (χ3v) is 4.81. The molecule has 3 rings (SSSR count). The molecular formula is C16H18N4S. The Morgan fingerprint density at radius 1 is 1.14 bits per heavy atom. The lowest BCUT2D eigenvalue weighted by Gasteiger charge is -2.20. The fourth-order valence-corrected chi connectivity index (χ4v) is 3.42. The van der Waals surface area contributed by atoms with Crippen LogP contribution in [0.2, 0.25) is 0 Å². The van der Waals surface area contributed by atoms with Gasteiger partial charge in [-0.2, -0.15) is 0 Å². The number of hydrogen-bond donors (Lipinski definition) is 1. The molecule has 2 aromatic heterocycles. The van der Waals surface area contributed by atoms with Crippen LogP contribution in [-0.2, 0) is 0 Å². The van der Waals surface area contributed by atoms with Gasteiger partial charge in [0.15, 0.2) is 10.8 Å². The second kappa shape index (κ2) is 5.87. The normalized spacial score (nSPS) is 14.2. The summed E-state index contributed by atoms with van der Waals surface area (Å²) in [5.74, 6) is 0. The van der Waals surface area contributed by atoms with E-state index in [2.05, 4.69) is 41.4 Å². The van der Waals surface area contributed by atoms with Crippen molar-refractivity contribution >= 4 is 17.4 Å². The zero-order valence-corrected chi connectivity index (χ0v) is 12.9. The molecule has 21 heavy (non-hydrogen) atoms. The fourth-order valence-electron chi connectivity index (χ4n) is 2.34. The van der Waals surface area contributed by atoms with Crippen LogP contribution in [-0.4, -0.2) is 20.6 Å². The van der Waals surface area contributed by atoms with Crippen LogP contribution in [0.1, 0.15) is 23.3 Å². The Balaban J connectivity index is 1.96. The van der Waals surface area contributed by atoms with Crippen molar-refractivity contribution < 1.29 is 0 Å². The molecule has 2 heterocycles. The van der Waals surface area contributed by atoms with Gasteiger partial charge in [0, 0.05) is 12.2 Å². The van der Waals surface area contributed by atoms with Gasteiger partial charge in [0.2, 0.25) is 0 Å². The quantitative estimate of drug-likeness (QED) is 0.751. The number of hydrogen-bond acceptors (Lipinski definition) is 4. The second-order valence-electron chi connectivity index (χ2n) is 5.22. The van der Waals surface area contributed by atoms with Gasteiger partial charge in [0.1, 0.15) is 0 Å². The molecule has 0 fully saturated rings. The summed E-state index contributed by atoms with van der Waals surface area (Å²) in [5.41, 5.74) is 9.52. The molecule has 2 N–H and O–H groups in total. The van der Waals surface area contributed by atoms with Crippen molar-refractivity contribution in [2.45, 2.75) is 30.3 Å². The predicted octanol–water partition coefficient (Wildman–Crippen LogP) is 3.22. The summed E-state index contributed by atoms with van der Waals surface area (Å²) in [7, 11) is 0. The Hall–Kier alpha value is -1.85. The average molecular weight is 298 g/mol. The van der Waals surface area contributed by atoms with Gasteiger partial charge in [-0.05, 0) is 31.5 Å². The molecular weight excluding hydrogens is 280 g/mol. The first-order valence-corrected chi connectivity index (χ1v) is 7.81. The summed E-state index contributed by atoms with van der Waals surface area (Å²) in [4.78, 5) is 0. The van der Waals surface area contributed by atoms with E-state index in [0.717, 1.165) is 10.8 Å². The van der Waals surface area contributed by atoms with Gasteiger partial charge in [-0.1, -0.05) is 47.7 Å². The average Bonchev–Trinajstić information content (AvgIpc) is 2.87. The zero-order valence-electron chi connectivity index (χ0n) is 12.1. The van der Waals surface area contributed by atoms with Gasteiger partial charge in [0.25, 0.3) is 0 Å². The van der Waals surface area contributed by atoms with Gasteiger partial charge in [-0.15, -0.1) is 10.2 Å². The minimum atomic E-state index is 0.0212. The summed E-state index contributed by atoms with van der Waals surface area (Å²) in [6, 6.07) is 14.4. The smallest absolute Gasteiger partial charge is 0.196 e. The van der Waals surface area contributed by atoms with Crippen LogP contribution in [0.15, 0.2) is 53.8 Å². The van der Waals surface area contributed by atoms with Crippen LogP contribution in [0.3, 0.4) is 0 Å². The third kappa shape index (κ3) is 2.94. The standard InChI is InChI=1S/C16H18N4S/c1-11-6-5-7-13(10-11)15(12(2)17)21-16-19-18-14-8-3-4-9-20(14)16/h3-10,12,15H,17H2,1-2H3. The van der Waals surface area contributed by atoms with Crippen molar-refractivity contribution in [3.8, 4) is 0 Å². The predicted molar refractivity (Wildman–Crippen MR) is 86.4 cm³/mol. The highest BCUT2D eigenvalue weighted by atomic mass is 32.2. The minimum Gasteiger partial charge on any atom is -0.327 e. The fraction of sp³-hybridized carbons (Fsp3) is 0.250. The van der Waals surface area contributed by atoms with E-state index in [1.165, 1.54) is 11.1 Å². The Kier molecular flexibility index (Phi) is 3.94. The number of nitrogens with two attached hydrogens (primary N) is 1. The molecule has 0 aliphatic heterocycles. The van der Waals surface area contributed by atoms with Crippen LogP contribution in [0.4, 0.5) is 0 Å². The molecule has 3 aromatic rings. The molecule has 0 radical (unpaired) electrons. The first kappa shape index (κ1) is 14.1. The summed E-state index contributed by atoms with van der Waals surface area (Å²) in [6.07, 6.45) is 1.98. The molecule has 0 aliphatic carbocycles. The van der Waals surface area contributed by atoms with Crippen molar-refractivity contribution in [2.75, 3.05) is 0 Å². The molecule has 0 bridgehead atoms. The van der Waals surface area contributed by atoms with Crippen molar-refractivity contribution in [3.05, 3.63) is 59.8 Å². The van der Waals surface area contributed by atoms with Crippen molar-refractivity contribution in [3.63, 3.8) is 0 Å². The van der Waals surface area contributed by atoms with Crippen molar-refractivity contribution in [1.82, 2.24) is 14.6 Å². The molecule has 0 saturated heterocycles. The molecule has 1 aromatic carbocycles. The Labute approximate surface area is 128 Å². The Bertz CT molecular complexity index is 751. The largest absolute Gasteiger partial charge is 0.327 e. The lowest BCUT2D eigenvalue weighted by molar-refractivity contribution is 0.716. The maximum Gasteiger partial charge on any atom is 0.196 e. The lowest BCUT2D eigenvalue weighted by Crippen LogP contribution is -2.22. The van der Waals surface area contributed by atoms with E-state index in [1.54, 1.807) is 11.8 Å². The maximum atomic E-state index is 6.20. The first-order chi connectivity index (χ1) is 10.1. The van der Waals surface area contributed by atoms with E-state index in [1.807, 2.05) is 35.7 Å². The van der Waals surface area contributed by atoms with E-state index in [4.69, 9.17) is 5.73 Å². The summed E-state index contributed by atoms with van der Waals surface area (Å²) < 4.78 is 2.00. The van der Waals surface area contributed by atoms with Crippen LogP contribution < -0.4 is 5.73 Å². The van der Waals surface area contributed by atoms with Crippen LogP contribution in [0.25, 0.3) is 5.65 Å². The maximum absolute atomic E-state index is 6.20. The molecule has 108 valence electrons. The number of rotatable bonds is 4. The Morgan fingerprint density at radius 3 is 2.76 bits per heavy atom. The van der Waals surface area contributed by atoms with Crippen LogP contribution in [0.5, 0.6) is 0 Å². The number of aryl methyl sites for hydroxylation is 1. The van der Waals surface area contributed by atoms with Gasteiger partial charge in [-0.3, -0.25) is 4.40 Å². The number of nitrogens with zero attached hydrogens (tertiary/aromatic N) is 3. The van der Waals surface area contributed by atoms with Gasteiger partial charge >= 0.3 is 0 Å². The van der Waals surface area contributed by atoms with Crippen LogP contribution >= 0.6 is 11.8 Å². The van der Waals surface area contributed by atoms with Gasteiger partial charge < -0.3 is 5.73 Å². The topological polar surface area (TPSA) is 56.2 Å². The highest BCUT2D eigenvalue weighted by Gasteiger charge is 2.20. The SMILES string of the molecule is Cc1cccc(C(Sc2nnc3ccccn23)C(C)N)c1. The van der Waals surface area contributed by atoms with Gasteiger partial charge in [-0.25, -0.2) is 0 Å². The highest BCUT2D eigenvalue weighted by molar-refractivity contribution is 7.99. The van der Waals surface area contributed by atoms with Crippen LogP contribution in [0, 0.1) is 6.92 Å². The van der Waals surface area contributed by atoms with Gasteiger partial charge in [0.05, 0.1) is 5.25 Å². The monoisotopic (exact) mass is 298 g/mol. The molecule has 5 heteroatoms. The number of aromatic nitrogens is 3. The lowest BCUT2D eigenvalue weighted by atomic mass is 10.0. The summed E-state index contributed by atoms with van der Waals surface area (Å²) in [5, 5.41) is 9.50. The molecule has 0 spiro atoms. The number of benzene rings is 1. The van der Waals surface area contributed by atoms with E-state index in [-0.39, 0.29) is 11.3 Å². The number of pyridine rings is 1. The first-order valence-electron chi connectivity index (χ1n) is 6.94. The summed E-state index contributed by atoms with van der Waals surface area (Å²) in [6.45, 7) is 4.13. The van der Waals surface area contributed by atoms with E-state index >= 15 is 0 Å². The van der Waals surface area contributed by atoms with Crippen molar-refractivity contribution in [2.24, 2.45) is 5.73 Å². The molecule has 0 aliphatic rings. The molecule has 0 amide bonds. The Morgan fingerprint density at radius 2 is 2.00 bits per heavy atom. The van der Waals surface area contributed by atoms with E-state index < -0.39 is 0 Å². The molecule has 2 unspecified atom stereocenters. The molecule has 0 saturated carbocycles. The molecule has 4 nitrogen and oxygen atoms in total. The number of fused-ring (bicyclic) bond motifs is 1. The van der Waals surface area contributed by atoms with Crippen molar-refractivity contribution in [1.29, 1.82) is 0 Å². The zero-order chi connectivity index (χ0) is 14.8. The minimum absolute atomic E-state index is 0.0212. The third-order valence-electron chi connectivity index (χ3n) is 3.36. The molecule has 2 atom stereocenters. The number of thioether (sulfide) groups is 1. The highest BCUT2D eigenvalue weighted by Crippen LogP contribution is 2.36. The van der Waals surface area contributed by atoms with E-state index in [9.17, 15) is 0 Å².